The highest BCUT2D eigenvalue weighted by Gasteiger charge is 1.91. The zero-order chi connectivity index (χ0) is 10.6. The summed E-state index contributed by atoms with van der Waals surface area (Å²) in [4.78, 5) is 4.42. The summed E-state index contributed by atoms with van der Waals surface area (Å²) >= 11 is 0. The fourth-order valence-corrected chi connectivity index (χ4v) is 1.92. The molecule has 0 aromatic heterocycles. The molecule has 0 saturated heterocycles. The van der Waals surface area contributed by atoms with Crippen LogP contribution in [0.15, 0.2) is 17.1 Å². The first kappa shape index (κ1) is 12.5. The minimum Gasteiger partial charge on any atom is -0.298 e. The van der Waals surface area contributed by atoms with E-state index in [2.05, 4.69) is 23.4 Å². The van der Waals surface area contributed by atoms with Crippen molar-refractivity contribution >= 4 is 6.21 Å². The number of nitrogens with zero attached hydrogens (tertiary/aromatic N) is 1. The van der Waals surface area contributed by atoms with Crippen molar-refractivity contribution in [2.24, 2.45) is 4.99 Å². The zero-order valence-electron chi connectivity index (χ0n) is 9.96. The van der Waals surface area contributed by atoms with Crippen LogP contribution >= 0.6 is 0 Å². The van der Waals surface area contributed by atoms with Crippen LogP contribution in [0.1, 0.15) is 64.2 Å². The van der Waals surface area contributed by atoms with Crippen molar-refractivity contribution in [2.45, 2.75) is 64.2 Å². The van der Waals surface area contributed by atoms with Crippen LogP contribution in [0.2, 0.25) is 0 Å². The van der Waals surface area contributed by atoms with Gasteiger partial charge >= 0.3 is 0 Å². The Kier molecular flexibility index (Phi) is 8.27. The number of rotatable bonds is 0. The van der Waals surface area contributed by atoms with E-state index < -0.39 is 0 Å². The molecule has 0 bridgehead atoms. The van der Waals surface area contributed by atoms with Crippen molar-refractivity contribution in [3.05, 3.63) is 12.2 Å². The standard InChI is InChI=1S/C14H25N/c1-2-4-6-8-10-12-14-15-13-11-9-7-5-3-1/h5,7,14H,1-4,6,8-13H2. The number of hydrogen-bond donors (Lipinski definition) is 0. The van der Waals surface area contributed by atoms with E-state index in [1.807, 2.05) is 0 Å². The van der Waals surface area contributed by atoms with Crippen LogP contribution in [0.5, 0.6) is 0 Å². The van der Waals surface area contributed by atoms with Gasteiger partial charge in [-0.25, -0.2) is 0 Å². The highest BCUT2D eigenvalue weighted by Crippen LogP contribution is 2.09. The molecule has 0 unspecified atom stereocenters. The zero-order valence-corrected chi connectivity index (χ0v) is 9.96. The molecule has 0 aromatic carbocycles. The first-order valence-electron chi connectivity index (χ1n) is 6.63. The van der Waals surface area contributed by atoms with E-state index in [1.165, 1.54) is 64.2 Å². The molecule has 1 heterocycles. The molecule has 0 aliphatic carbocycles. The van der Waals surface area contributed by atoms with Crippen molar-refractivity contribution in [3.8, 4) is 0 Å². The maximum absolute atomic E-state index is 4.42. The molecule has 1 heteroatoms. The van der Waals surface area contributed by atoms with Gasteiger partial charge in [0.25, 0.3) is 0 Å². The average Bonchev–Trinajstić information content (AvgIpc) is 2.27. The molecule has 0 N–H and O–H groups in total. The summed E-state index contributed by atoms with van der Waals surface area (Å²) in [5.41, 5.74) is 0. The minimum absolute atomic E-state index is 1.02. The topological polar surface area (TPSA) is 12.4 Å². The van der Waals surface area contributed by atoms with Crippen molar-refractivity contribution < 1.29 is 0 Å². The molecule has 86 valence electrons. The lowest BCUT2D eigenvalue weighted by Crippen LogP contribution is -1.83. The van der Waals surface area contributed by atoms with Gasteiger partial charge < -0.3 is 0 Å². The Morgan fingerprint density at radius 1 is 0.600 bits per heavy atom. The van der Waals surface area contributed by atoms with E-state index >= 15 is 0 Å². The highest BCUT2D eigenvalue weighted by molar-refractivity contribution is 5.56. The Morgan fingerprint density at radius 2 is 1.20 bits per heavy atom. The normalized spacial score (nSPS) is 21.9. The molecular formula is C14H25N. The summed E-state index contributed by atoms with van der Waals surface area (Å²) < 4.78 is 0. The molecule has 0 spiro atoms. The number of allylic oxidation sites excluding steroid dienone is 2. The number of aliphatic imine (C=N–C) groups is 1. The summed E-state index contributed by atoms with van der Waals surface area (Å²) in [7, 11) is 0. The fraction of sp³-hybridized carbons (Fsp3) is 0.786. The maximum Gasteiger partial charge on any atom is 0.0388 e. The molecule has 1 aliphatic heterocycles. The molecule has 1 nitrogen and oxygen atoms in total. The third kappa shape index (κ3) is 8.41. The Bertz CT molecular complexity index is 162. The van der Waals surface area contributed by atoms with Gasteiger partial charge in [0.1, 0.15) is 0 Å². The predicted octanol–water partition coefficient (Wildman–Crippen LogP) is 4.53. The van der Waals surface area contributed by atoms with E-state index in [0.717, 1.165) is 6.54 Å². The van der Waals surface area contributed by atoms with Crippen LogP contribution in [-0.2, 0) is 0 Å². The lowest BCUT2D eigenvalue weighted by Gasteiger charge is -1.98. The van der Waals surface area contributed by atoms with Gasteiger partial charge in [-0.15, -0.1) is 0 Å². The van der Waals surface area contributed by atoms with Crippen LogP contribution in [0.4, 0.5) is 0 Å². The quantitative estimate of drug-likeness (QED) is 0.518. The van der Waals surface area contributed by atoms with Gasteiger partial charge in [0.2, 0.25) is 0 Å². The molecule has 15 heavy (non-hydrogen) atoms. The Hall–Kier alpha value is -0.590. The largest absolute Gasteiger partial charge is 0.298 e. The molecular weight excluding hydrogens is 182 g/mol. The summed E-state index contributed by atoms with van der Waals surface area (Å²) in [6.45, 7) is 1.02. The van der Waals surface area contributed by atoms with Gasteiger partial charge in [-0.2, -0.15) is 0 Å². The molecule has 0 radical (unpaired) electrons. The van der Waals surface area contributed by atoms with Crippen LogP contribution in [0.3, 0.4) is 0 Å². The first-order chi connectivity index (χ1) is 7.50. The van der Waals surface area contributed by atoms with Gasteiger partial charge in [-0.05, 0) is 44.7 Å². The molecule has 0 atom stereocenters. The Labute approximate surface area is 94.7 Å². The van der Waals surface area contributed by atoms with Gasteiger partial charge in [0, 0.05) is 6.54 Å². The first-order valence-corrected chi connectivity index (χ1v) is 6.63. The highest BCUT2D eigenvalue weighted by atomic mass is 14.7. The van der Waals surface area contributed by atoms with Crippen molar-refractivity contribution in [1.29, 1.82) is 0 Å². The third-order valence-corrected chi connectivity index (χ3v) is 2.91. The lowest BCUT2D eigenvalue weighted by atomic mass is 10.1. The Morgan fingerprint density at radius 3 is 2.00 bits per heavy atom. The van der Waals surface area contributed by atoms with Crippen molar-refractivity contribution in [1.82, 2.24) is 0 Å². The van der Waals surface area contributed by atoms with Gasteiger partial charge in [0.15, 0.2) is 0 Å². The second kappa shape index (κ2) is 9.95. The minimum atomic E-state index is 1.02. The second-order valence-corrected chi connectivity index (χ2v) is 4.40. The Balaban J connectivity index is 2.15. The maximum atomic E-state index is 4.42. The summed E-state index contributed by atoms with van der Waals surface area (Å²) in [6, 6.07) is 0. The predicted molar refractivity (Wildman–Crippen MR) is 68.7 cm³/mol. The van der Waals surface area contributed by atoms with Gasteiger partial charge in [-0.1, -0.05) is 37.8 Å². The van der Waals surface area contributed by atoms with E-state index in [9.17, 15) is 0 Å². The molecule has 0 fully saturated rings. The molecule has 0 amide bonds. The summed E-state index contributed by atoms with van der Waals surface area (Å²) in [5.74, 6) is 0. The smallest absolute Gasteiger partial charge is 0.0388 e. The average molecular weight is 207 g/mol. The summed E-state index contributed by atoms with van der Waals surface area (Å²) in [6.07, 6.45) is 20.1. The molecule has 1 aliphatic rings. The van der Waals surface area contributed by atoms with E-state index in [0.29, 0.717) is 0 Å². The second-order valence-electron chi connectivity index (χ2n) is 4.40. The van der Waals surface area contributed by atoms with Crippen LogP contribution in [0.25, 0.3) is 0 Å². The SMILES string of the molecule is C1=CCCCN=CCCCCCCCC1. The molecule has 0 saturated carbocycles. The van der Waals surface area contributed by atoms with E-state index in [4.69, 9.17) is 0 Å². The van der Waals surface area contributed by atoms with E-state index in [-0.39, 0.29) is 0 Å². The van der Waals surface area contributed by atoms with Crippen LogP contribution < -0.4 is 0 Å². The lowest BCUT2D eigenvalue weighted by molar-refractivity contribution is 0.604. The summed E-state index contributed by atoms with van der Waals surface area (Å²) in [5, 5.41) is 0. The number of hydrogen-bond acceptors (Lipinski definition) is 1. The monoisotopic (exact) mass is 207 g/mol. The third-order valence-electron chi connectivity index (χ3n) is 2.91. The molecule has 1 rings (SSSR count). The fourth-order valence-electron chi connectivity index (χ4n) is 1.92. The van der Waals surface area contributed by atoms with E-state index in [1.54, 1.807) is 0 Å². The molecule has 0 aromatic rings. The van der Waals surface area contributed by atoms with Crippen molar-refractivity contribution in [3.63, 3.8) is 0 Å². The van der Waals surface area contributed by atoms with Crippen LogP contribution in [-0.4, -0.2) is 12.8 Å². The van der Waals surface area contributed by atoms with Gasteiger partial charge in [-0.3, -0.25) is 4.99 Å². The van der Waals surface area contributed by atoms with Crippen molar-refractivity contribution in [2.75, 3.05) is 6.54 Å². The van der Waals surface area contributed by atoms with Crippen LogP contribution in [0, 0.1) is 0 Å². The van der Waals surface area contributed by atoms with Gasteiger partial charge in [0.05, 0.1) is 0 Å².